The van der Waals surface area contributed by atoms with Gasteiger partial charge in [0.25, 0.3) is 0 Å². The van der Waals surface area contributed by atoms with Crippen molar-refractivity contribution in [1.29, 1.82) is 0 Å². The van der Waals surface area contributed by atoms with Crippen LogP contribution < -0.4 is 4.90 Å². The topological polar surface area (TPSA) is 3.24 Å². The maximum atomic E-state index is 2.43. The Balaban J connectivity index is 1.20. The van der Waals surface area contributed by atoms with Gasteiger partial charge < -0.3 is 4.90 Å². The molecule has 1 fully saturated rings. The van der Waals surface area contributed by atoms with E-state index in [-0.39, 0.29) is 5.41 Å². The third-order valence-electron chi connectivity index (χ3n) is 11.0. The molecule has 0 atom stereocenters. The fraction of sp³-hybridized carbons (Fsp3) is 0.200. The van der Waals surface area contributed by atoms with Crippen LogP contribution in [0, 0.1) is 0 Å². The first-order valence-electron chi connectivity index (χ1n) is 17.1. The summed E-state index contributed by atoms with van der Waals surface area (Å²) < 4.78 is 0. The lowest BCUT2D eigenvalue weighted by Crippen LogP contribution is -2.16. The van der Waals surface area contributed by atoms with Crippen LogP contribution >= 0.6 is 0 Å². The fourth-order valence-electron chi connectivity index (χ4n) is 8.89. The molecule has 0 radical (unpaired) electrons. The van der Waals surface area contributed by atoms with Gasteiger partial charge in [-0.1, -0.05) is 130 Å². The first-order chi connectivity index (χ1) is 22.6. The minimum absolute atomic E-state index is 0.136. The second-order valence-corrected chi connectivity index (χ2v) is 14.0. The molecule has 2 aliphatic rings. The Morgan fingerprint density at radius 1 is 0.500 bits per heavy atom. The van der Waals surface area contributed by atoms with E-state index >= 15 is 0 Å². The fourth-order valence-corrected chi connectivity index (χ4v) is 8.89. The number of hydrogen-bond acceptors (Lipinski definition) is 1. The van der Waals surface area contributed by atoms with E-state index in [0.29, 0.717) is 5.92 Å². The first kappa shape index (κ1) is 27.4. The second-order valence-electron chi connectivity index (χ2n) is 14.0. The van der Waals surface area contributed by atoms with Gasteiger partial charge in [0.05, 0.1) is 0 Å². The van der Waals surface area contributed by atoms with Crippen molar-refractivity contribution >= 4 is 49.4 Å². The molecule has 0 N–H and O–H groups in total. The lowest BCUT2D eigenvalue weighted by atomic mass is 9.78. The maximum absolute atomic E-state index is 2.43. The molecule has 0 spiro atoms. The molecule has 7 aromatic carbocycles. The van der Waals surface area contributed by atoms with E-state index in [1.165, 1.54) is 109 Å². The lowest BCUT2D eigenvalue weighted by Gasteiger charge is -2.28. The molecule has 9 rings (SSSR count). The highest BCUT2D eigenvalue weighted by molar-refractivity contribution is 6.19. The van der Waals surface area contributed by atoms with Gasteiger partial charge in [0.2, 0.25) is 0 Å². The highest BCUT2D eigenvalue weighted by atomic mass is 15.1. The van der Waals surface area contributed by atoms with E-state index in [4.69, 9.17) is 0 Å². The van der Waals surface area contributed by atoms with E-state index in [9.17, 15) is 0 Å². The zero-order valence-corrected chi connectivity index (χ0v) is 26.8. The van der Waals surface area contributed by atoms with Crippen molar-refractivity contribution in [1.82, 2.24) is 0 Å². The Labute approximate surface area is 272 Å². The molecule has 0 heterocycles. The molecule has 46 heavy (non-hydrogen) atoms. The van der Waals surface area contributed by atoms with Gasteiger partial charge in [-0.05, 0) is 115 Å². The van der Waals surface area contributed by atoms with Crippen LogP contribution in [0.25, 0.3) is 43.4 Å². The molecule has 224 valence electrons. The minimum atomic E-state index is -0.136. The number of hydrogen-bond donors (Lipinski definition) is 0. The van der Waals surface area contributed by atoms with Crippen LogP contribution in [0.3, 0.4) is 0 Å². The van der Waals surface area contributed by atoms with E-state index < -0.39 is 0 Å². The molecule has 0 saturated heterocycles. The second kappa shape index (κ2) is 10.6. The number of fused-ring (bicyclic) bond motifs is 10. The highest BCUT2D eigenvalue weighted by Crippen LogP contribution is 2.56. The summed E-state index contributed by atoms with van der Waals surface area (Å²) in [6, 6.07) is 50.1. The van der Waals surface area contributed by atoms with Gasteiger partial charge in [0.1, 0.15) is 0 Å². The van der Waals surface area contributed by atoms with Crippen molar-refractivity contribution in [2.75, 3.05) is 4.90 Å². The largest absolute Gasteiger partial charge is 0.310 e. The van der Waals surface area contributed by atoms with Gasteiger partial charge in [-0.25, -0.2) is 0 Å². The van der Waals surface area contributed by atoms with Crippen LogP contribution in [0.5, 0.6) is 0 Å². The Morgan fingerprint density at radius 2 is 1.11 bits per heavy atom. The van der Waals surface area contributed by atoms with Gasteiger partial charge in [0.15, 0.2) is 0 Å². The SMILES string of the molecule is CC1(C)c2c(ccc3cc(N(c4ccccc4)c4ccc(C5CCCCC5)cc4)ccc23)-c2c1c1ccccc1c1ccccc21. The van der Waals surface area contributed by atoms with Crippen LogP contribution in [0.2, 0.25) is 0 Å². The van der Waals surface area contributed by atoms with Crippen LogP contribution in [-0.4, -0.2) is 0 Å². The Morgan fingerprint density at radius 3 is 1.85 bits per heavy atom. The molecule has 0 unspecified atom stereocenters. The number of rotatable bonds is 4. The van der Waals surface area contributed by atoms with Crippen LogP contribution in [0.15, 0.2) is 133 Å². The molecule has 1 saturated carbocycles. The molecular formula is C45H39N. The predicted octanol–water partition coefficient (Wildman–Crippen LogP) is 13.0. The summed E-state index contributed by atoms with van der Waals surface area (Å²) in [5.41, 5.74) is 10.6. The van der Waals surface area contributed by atoms with E-state index in [1.54, 1.807) is 0 Å². The average molecular weight is 594 g/mol. The monoisotopic (exact) mass is 593 g/mol. The number of benzene rings is 7. The molecule has 7 aromatic rings. The van der Waals surface area contributed by atoms with Gasteiger partial charge >= 0.3 is 0 Å². The minimum Gasteiger partial charge on any atom is -0.310 e. The van der Waals surface area contributed by atoms with Crippen molar-refractivity contribution in [2.24, 2.45) is 0 Å². The molecule has 1 heteroatoms. The number of para-hydroxylation sites is 1. The summed E-state index contributed by atoms with van der Waals surface area (Å²) in [5, 5.41) is 8.03. The van der Waals surface area contributed by atoms with Crippen LogP contribution in [0.1, 0.15) is 68.6 Å². The lowest BCUT2D eigenvalue weighted by molar-refractivity contribution is 0.443. The van der Waals surface area contributed by atoms with E-state index in [2.05, 4.69) is 152 Å². The summed E-state index contributed by atoms with van der Waals surface area (Å²) in [6.45, 7) is 4.85. The van der Waals surface area contributed by atoms with E-state index in [0.717, 1.165) is 0 Å². The summed E-state index contributed by atoms with van der Waals surface area (Å²) in [4.78, 5) is 2.41. The van der Waals surface area contributed by atoms with Gasteiger partial charge in [-0.3, -0.25) is 0 Å². The summed E-state index contributed by atoms with van der Waals surface area (Å²) in [7, 11) is 0. The van der Waals surface area contributed by atoms with Crippen LogP contribution in [0.4, 0.5) is 17.1 Å². The van der Waals surface area contributed by atoms with E-state index in [1.807, 2.05) is 0 Å². The quantitative estimate of drug-likeness (QED) is 0.184. The van der Waals surface area contributed by atoms with Crippen molar-refractivity contribution in [2.45, 2.75) is 57.3 Å². The Kier molecular flexibility index (Phi) is 6.32. The molecular weight excluding hydrogens is 555 g/mol. The normalized spacial score (nSPS) is 15.7. The molecule has 0 aromatic heterocycles. The van der Waals surface area contributed by atoms with Crippen molar-refractivity contribution in [3.8, 4) is 11.1 Å². The summed E-state index contributed by atoms with van der Waals surface area (Å²) >= 11 is 0. The third kappa shape index (κ3) is 4.14. The third-order valence-corrected chi connectivity index (χ3v) is 11.0. The van der Waals surface area contributed by atoms with Crippen LogP contribution in [-0.2, 0) is 5.41 Å². The standard InChI is InChI=1S/C45H39N/c1-45(2)43-36-28-26-35(46(33-15-7-4-8-16-33)34-24-21-31(22-25-34)30-13-5-3-6-14-30)29-32(36)23-27-41(43)42-39-19-11-9-17-37(39)38-18-10-12-20-40(38)44(42)45/h4,7-12,15-30H,3,5-6,13-14H2,1-2H3. The highest BCUT2D eigenvalue weighted by Gasteiger charge is 2.39. The number of anilines is 3. The predicted molar refractivity (Wildman–Crippen MR) is 197 cm³/mol. The number of nitrogens with zero attached hydrogens (tertiary/aromatic N) is 1. The molecule has 1 nitrogen and oxygen atoms in total. The van der Waals surface area contributed by atoms with Crippen molar-refractivity contribution in [3.63, 3.8) is 0 Å². The Bertz CT molecular complexity index is 2250. The molecule has 2 aliphatic carbocycles. The average Bonchev–Trinajstić information content (AvgIpc) is 3.37. The maximum Gasteiger partial charge on any atom is 0.0468 e. The zero-order chi connectivity index (χ0) is 30.8. The molecule has 0 amide bonds. The summed E-state index contributed by atoms with van der Waals surface area (Å²) in [5.74, 6) is 0.706. The molecule has 0 aliphatic heterocycles. The van der Waals surface area contributed by atoms with Crippen molar-refractivity contribution < 1.29 is 0 Å². The first-order valence-corrected chi connectivity index (χ1v) is 17.1. The zero-order valence-electron chi connectivity index (χ0n) is 26.8. The summed E-state index contributed by atoms with van der Waals surface area (Å²) in [6.07, 6.45) is 6.75. The van der Waals surface area contributed by atoms with Crippen molar-refractivity contribution in [3.05, 3.63) is 150 Å². The Hall–Kier alpha value is -4.88. The van der Waals surface area contributed by atoms with Gasteiger partial charge in [-0.2, -0.15) is 0 Å². The smallest absolute Gasteiger partial charge is 0.0468 e. The molecule has 0 bridgehead atoms. The van der Waals surface area contributed by atoms with Gasteiger partial charge in [0, 0.05) is 22.5 Å². The van der Waals surface area contributed by atoms with Gasteiger partial charge in [-0.15, -0.1) is 0 Å².